The lowest BCUT2D eigenvalue weighted by Crippen LogP contribution is -2.07. The van der Waals surface area contributed by atoms with E-state index in [0.29, 0.717) is 0 Å². The van der Waals surface area contributed by atoms with Gasteiger partial charge in [-0.2, -0.15) is 0 Å². The number of rotatable bonds is 2. The van der Waals surface area contributed by atoms with E-state index in [4.69, 9.17) is 4.74 Å². The summed E-state index contributed by atoms with van der Waals surface area (Å²) in [7, 11) is 1.84. The van der Waals surface area contributed by atoms with Crippen LogP contribution in [-0.2, 0) is 9.32 Å². The quantitative estimate of drug-likeness (QED) is 0.424. The first kappa shape index (κ1) is 10.7. The van der Waals surface area contributed by atoms with Crippen molar-refractivity contribution in [1.29, 1.82) is 0 Å². The highest BCUT2D eigenvalue weighted by Gasteiger charge is 2.13. The minimum atomic E-state index is -0.563. The molecule has 0 saturated heterocycles. The van der Waals surface area contributed by atoms with Crippen molar-refractivity contribution in [2.75, 3.05) is 0 Å². The number of ether oxygens (including phenoxy) is 1. The van der Waals surface area contributed by atoms with Crippen LogP contribution < -0.4 is 4.74 Å². The van der Waals surface area contributed by atoms with E-state index in [-0.39, 0.29) is 11.3 Å². The zero-order chi connectivity index (χ0) is 10.6. The fourth-order valence-electron chi connectivity index (χ4n) is 0.943. The van der Waals surface area contributed by atoms with Gasteiger partial charge in [0.1, 0.15) is 11.3 Å². The highest BCUT2D eigenvalue weighted by Crippen LogP contribution is 2.19. The van der Waals surface area contributed by atoms with Crippen molar-refractivity contribution < 1.29 is 18.8 Å². The smallest absolute Gasteiger partial charge is 0.344 e. The second kappa shape index (κ2) is 4.72. The van der Waals surface area contributed by atoms with Crippen LogP contribution in [-0.4, -0.2) is 11.9 Å². The molecule has 0 aliphatic rings. The normalized spacial score (nSPS) is 9.29. The summed E-state index contributed by atoms with van der Waals surface area (Å²) in [6, 6.07) is 6.37. The number of hydrogen-bond acceptors (Lipinski definition) is 4. The Morgan fingerprint density at radius 2 is 1.93 bits per heavy atom. The van der Waals surface area contributed by atoms with Gasteiger partial charge in [-0.05, 0) is 12.1 Å². The minimum absolute atomic E-state index is 0.201. The highest BCUT2D eigenvalue weighted by atomic mass is 31.0. The molecule has 74 valence electrons. The zero-order valence-corrected chi connectivity index (χ0v) is 8.67. The molecule has 0 N–H and O–H groups in total. The average molecular weight is 212 g/mol. The third-order valence-electron chi connectivity index (χ3n) is 1.47. The van der Waals surface area contributed by atoms with Crippen molar-refractivity contribution in [3.05, 3.63) is 29.8 Å². The van der Waals surface area contributed by atoms with E-state index in [1.165, 1.54) is 19.1 Å². The van der Waals surface area contributed by atoms with Gasteiger partial charge in [-0.15, -0.1) is 0 Å². The Hall–Kier alpha value is -1.41. The van der Waals surface area contributed by atoms with Gasteiger partial charge < -0.3 is 9.26 Å². The van der Waals surface area contributed by atoms with Crippen LogP contribution in [0.1, 0.15) is 17.3 Å². The van der Waals surface area contributed by atoms with Crippen molar-refractivity contribution in [1.82, 2.24) is 0 Å². The molecule has 0 heterocycles. The molecular formula is C9H9O4P. The van der Waals surface area contributed by atoms with E-state index >= 15 is 0 Å². The standard InChI is InChI=1S/C9H9O4P/c1-6(10)12-8-5-3-2-4-7(8)9(11)13-14/h2-5H,14H2,1H3. The van der Waals surface area contributed by atoms with E-state index < -0.39 is 11.9 Å². The number of esters is 1. The number of hydrogen-bond donors (Lipinski definition) is 0. The van der Waals surface area contributed by atoms with Gasteiger partial charge in [-0.25, -0.2) is 4.79 Å². The van der Waals surface area contributed by atoms with Gasteiger partial charge >= 0.3 is 11.9 Å². The molecule has 0 saturated carbocycles. The van der Waals surface area contributed by atoms with Crippen LogP contribution in [0.5, 0.6) is 5.75 Å². The molecule has 1 atom stereocenters. The first-order valence-corrected chi connectivity index (χ1v) is 4.31. The summed E-state index contributed by atoms with van der Waals surface area (Å²) in [5.74, 6) is -0.840. The fourth-order valence-corrected chi connectivity index (χ4v) is 1.07. The first-order valence-electron chi connectivity index (χ1n) is 3.83. The Bertz CT molecular complexity index is 362. The van der Waals surface area contributed by atoms with E-state index in [9.17, 15) is 9.59 Å². The van der Waals surface area contributed by atoms with Crippen LogP contribution in [0.2, 0.25) is 0 Å². The van der Waals surface area contributed by atoms with Crippen molar-refractivity contribution in [3.8, 4) is 5.75 Å². The summed E-state index contributed by atoms with van der Waals surface area (Å²) in [5, 5.41) is 0. The number of para-hydroxylation sites is 1. The molecule has 5 heteroatoms. The SMILES string of the molecule is CC(=O)Oc1ccccc1C(=O)OP. The van der Waals surface area contributed by atoms with Crippen LogP contribution in [0.3, 0.4) is 0 Å². The van der Waals surface area contributed by atoms with Crippen LogP contribution in [0, 0.1) is 0 Å². The van der Waals surface area contributed by atoms with Crippen LogP contribution in [0.4, 0.5) is 0 Å². The number of carbonyl (C=O) groups excluding carboxylic acids is 2. The lowest BCUT2D eigenvalue weighted by Gasteiger charge is -2.05. The molecule has 0 aliphatic carbocycles. The van der Waals surface area contributed by atoms with Crippen molar-refractivity contribution >= 4 is 21.4 Å². The minimum Gasteiger partial charge on any atom is -0.448 e. The molecule has 4 nitrogen and oxygen atoms in total. The van der Waals surface area contributed by atoms with Crippen LogP contribution in [0.25, 0.3) is 0 Å². The third-order valence-corrected chi connectivity index (χ3v) is 1.68. The van der Waals surface area contributed by atoms with Gasteiger partial charge in [0, 0.05) is 6.92 Å². The summed E-state index contributed by atoms with van der Waals surface area (Å²) in [4.78, 5) is 21.9. The molecule has 14 heavy (non-hydrogen) atoms. The molecular weight excluding hydrogens is 203 g/mol. The van der Waals surface area contributed by atoms with Crippen LogP contribution in [0.15, 0.2) is 24.3 Å². The maximum absolute atomic E-state index is 11.2. The highest BCUT2D eigenvalue weighted by molar-refractivity contribution is 7.10. The summed E-state index contributed by atoms with van der Waals surface area (Å²) in [6.45, 7) is 1.27. The summed E-state index contributed by atoms with van der Waals surface area (Å²) in [6.07, 6.45) is 0. The third kappa shape index (κ3) is 2.54. The lowest BCUT2D eigenvalue weighted by molar-refractivity contribution is -0.131. The Morgan fingerprint density at radius 3 is 2.50 bits per heavy atom. The Balaban J connectivity index is 3.02. The van der Waals surface area contributed by atoms with Crippen LogP contribution >= 0.6 is 9.47 Å². The summed E-state index contributed by atoms with van der Waals surface area (Å²) >= 11 is 0. The molecule has 1 rings (SSSR count). The number of benzene rings is 1. The average Bonchev–Trinajstić information content (AvgIpc) is 2.16. The Morgan fingerprint density at radius 1 is 1.29 bits per heavy atom. The zero-order valence-electron chi connectivity index (χ0n) is 7.52. The molecule has 0 bridgehead atoms. The van der Waals surface area contributed by atoms with Crippen molar-refractivity contribution in [3.63, 3.8) is 0 Å². The Labute approximate surface area is 83.5 Å². The molecule has 1 unspecified atom stereocenters. The summed E-state index contributed by atoms with van der Waals surface area (Å²) < 4.78 is 9.26. The van der Waals surface area contributed by atoms with Crippen molar-refractivity contribution in [2.45, 2.75) is 6.92 Å². The van der Waals surface area contributed by atoms with E-state index in [1.807, 2.05) is 9.47 Å². The molecule has 0 fully saturated rings. The molecule has 0 amide bonds. The van der Waals surface area contributed by atoms with Gasteiger partial charge in [-0.1, -0.05) is 12.1 Å². The second-order valence-electron chi connectivity index (χ2n) is 2.50. The number of carbonyl (C=O) groups is 2. The Kier molecular flexibility index (Phi) is 3.60. The summed E-state index contributed by atoms with van der Waals surface area (Å²) in [5.41, 5.74) is 0.220. The van der Waals surface area contributed by atoms with Gasteiger partial charge in [0.05, 0.1) is 9.47 Å². The molecule has 0 aliphatic heterocycles. The second-order valence-corrected chi connectivity index (χ2v) is 2.73. The van der Waals surface area contributed by atoms with E-state index in [0.717, 1.165) is 0 Å². The molecule has 0 spiro atoms. The van der Waals surface area contributed by atoms with E-state index in [2.05, 4.69) is 4.52 Å². The van der Waals surface area contributed by atoms with Gasteiger partial charge in [-0.3, -0.25) is 4.79 Å². The first-order chi connectivity index (χ1) is 6.65. The maximum Gasteiger partial charge on any atom is 0.344 e. The van der Waals surface area contributed by atoms with Gasteiger partial charge in [0.2, 0.25) is 0 Å². The predicted molar refractivity (Wildman–Crippen MR) is 52.9 cm³/mol. The molecule has 0 aromatic heterocycles. The van der Waals surface area contributed by atoms with Gasteiger partial charge in [0.15, 0.2) is 0 Å². The fraction of sp³-hybridized carbons (Fsp3) is 0.111. The van der Waals surface area contributed by atoms with E-state index in [1.54, 1.807) is 12.1 Å². The van der Waals surface area contributed by atoms with Crippen molar-refractivity contribution in [2.24, 2.45) is 0 Å². The molecule has 1 aromatic carbocycles. The topological polar surface area (TPSA) is 52.6 Å². The predicted octanol–water partition coefficient (Wildman–Crippen LogP) is 1.56. The lowest BCUT2D eigenvalue weighted by atomic mass is 10.2. The largest absolute Gasteiger partial charge is 0.448 e. The molecule has 1 aromatic rings. The maximum atomic E-state index is 11.2. The monoisotopic (exact) mass is 212 g/mol. The molecule has 0 radical (unpaired) electrons. The van der Waals surface area contributed by atoms with Gasteiger partial charge in [0.25, 0.3) is 0 Å².